The van der Waals surface area contributed by atoms with Crippen molar-refractivity contribution in [2.75, 3.05) is 21.3 Å². The predicted octanol–water partition coefficient (Wildman–Crippen LogP) is 2.93. The third-order valence-corrected chi connectivity index (χ3v) is 5.15. The largest absolute Gasteiger partial charge is 0.504 e. The Labute approximate surface area is 153 Å². The molecule has 0 amide bonds. The van der Waals surface area contributed by atoms with Gasteiger partial charge in [-0.2, -0.15) is 0 Å². The van der Waals surface area contributed by atoms with Crippen LogP contribution in [-0.4, -0.2) is 31.5 Å². The first-order valence-corrected chi connectivity index (χ1v) is 8.58. The zero-order valence-electron chi connectivity index (χ0n) is 15.3. The molecule has 4 N–H and O–H groups in total. The van der Waals surface area contributed by atoms with Gasteiger partial charge in [0.2, 0.25) is 5.75 Å². The van der Waals surface area contributed by atoms with Crippen molar-refractivity contribution in [3.8, 4) is 28.7 Å². The number of phenolic OH excluding ortho intramolecular Hbond substituents is 2. The van der Waals surface area contributed by atoms with Crippen LogP contribution in [0.15, 0.2) is 24.3 Å². The molecule has 1 aliphatic rings. The Kier molecular flexibility index (Phi) is 5.13. The van der Waals surface area contributed by atoms with Crippen molar-refractivity contribution in [3.63, 3.8) is 0 Å². The highest BCUT2D eigenvalue weighted by Gasteiger charge is 2.30. The van der Waals surface area contributed by atoms with Crippen LogP contribution in [0.4, 0.5) is 0 Å². The number of nitrogens with two attached hydrogens (primary N) is 1. The number of hydrogen-bond donors (Lipinski definition) is 3. The van der Waals surface area contributed by atoms with Crippen LogP contribution in [0.2, 0.25) is 0 Å². The summed E-state index contributed by atoms with van der Waals surface area (Å²) in [5, 5.41) is 19.8. The number of phenols is 2. The highest BCUT2D eigenvalue weighted by atomic mass is 16.5. The van der Waals surface area contributed by atoms with Gasteiger partial charge in [0.25, 0.3) is 0 Å². The van der Waals surface area contributed by atoms with E-state index < -0.39 is 0 Å². The van der Waals surface area contributed by atoms with Gasteiger partial charge in [-0.1, -0.05) is 6.07 Å². The third kappa shape index (κ3) is 3.12. The molecule has 2 atom stereocenters. The molecule has 0 saturated carbocycles. The van der Waals surface area contributed by atoms with E-state index in [1.54, 1.807) is 27.4 Å². The van der Waals surface area contributed by atoms with Crippen molar-refractivity contribution in [3.05, 3.63) is 41.0 Å². The van der Waals surface area contributed by atoms with E-state index in [1.807, 2.05) is 12.1 Å². The average molecular weight is 359 g/mol. The number of benzene rings is 2. The summed E-state index contributed by atoms with van der Waals surface area (Å²) in [4.78, 5) is 0. The fraction of sp³-hybridized carbons (Fsp3) is 0.400. The van der Waals surface area contributed by atoms with Gasteiger partial charge < -0.3 is 30.2 Å². The number of fused-ring (bicyclic) bond motifs is 1. The third-order valence-electron chi connectivity index (χ3n) is 5.15. The standard InChI is InChI=1S/C20H25NO5/c1-24-16-9-11(10-17(25-2)20(16)26-3)8-12-4-5-14-13(18(12)21)6-7-15(22)19(14)23/h6-7,9-10,12,18,22-23H,4-5,8,21H2,1-3H3/t12-,18-/m0/s1. The topological polar surface area (TPSA) is 94.2 Å². The summed E-state index contributed by atoms with van der Waals surface area (Å²) in [5.74, 6) is 1.86. The number of rotatable bonds is 5. The van der Waals surface area contributed by atoms with Crippen molar-refractivity contribution in [1.82, 2.24) is 0 Å². The van der Waals surface area contributed by atoms with E-state index in [4.69, 9.17) is 19.9 Å². The minimum Gasteiger partial charge on any atom is -0.504 e. The van der Waals surface area contributed by atoms with E-state index in [9.17, 15) is 10.2 Å². The molecular weight excluding hydrogens is 334 g/mol. The maximum atomic E-state index is 10.1. The molecule has 0 radical (unpaired) electrons. The Hall–Kier alpha value is -2.60. The Balaban J connectivity index is 1.89. The van der Waals surface area contributed by atoms with Gasteiger partial charge in [-0.3, -0.25) is 0 Å². The van der Waals surface area contributed by atoms with E-state index in [2.05, 4.69) is 0 Å². The molecule has 26 heavy (non-hydrogen) atoms. The summed E-state index contributed by atoms with van der Waals surface area (Å²) in [6.45, 7) is 0. The van der Waals surface area contributed by atoms with Crippen molar-refractivity contribution < 1.29 is 24.4 Å². The second-order valence-corrected chi connectivity index (χ2v) is 6.56. The quantitative estimate of drug-likeness (QED) is 0.711. The molecule has 2 aromatic carbocycles. The van der Waals surface area contributed by atoms with Crippen molar-refractivity contribution in [2.45, 2.75) is 25.3 Å². The van der Waals surface area contributed by atoms with E-state index in [0.717, 1.165) is 29.5 Å². The minimum absolute atomic E-state index is 0.0517. The Morgan fingerprint density at radius 2 is 1.69 bits per heavy atom. The molecule has 2 aromatic rings. The van der Waals surface area contributed by atoms with Gasteiger partial charge in [0.05, 0.1) is 21.3 Å². The maximum Gasteiger partial charge on any atom is 0.203 e. The lowest BCUT2D eigenvalue weighted by molar-refractivity contribution is 0.321. The number of aromatic hydroxyl groups is 2. The predicted molar refractivity (Wildman–Crippen MR) is 98.3 cm³/mol. The van der Waals surface area contributed by atoms with Crippen LogP contribution in [0, 0.1) is 5.92 Å². The van der Waals surface area contributed by atoms with Crippen LogP contribution in [0.1, 0.15) is 29.2 Å². The van der Waals surface area contributed by atoms with Crippen LogP contribution in [-0.2, 0) is 12.8 Å². The molecule has 0 fully saturated rings. The molecule has 1 aliphatic carbocycles. The molecule has 6 heteroatoms. The van der Waals surface area contributed by atoms with Crippen LogP contribution in [0.3, 0.4) is 0 Å². The Bertz CT molecular complexity index is 780. The SMILES string of the molecule is COc1cc(C[C@@H]2CCc3c(ccc(O)c3O)[C@H]2N)cc(OC)c1OC. The summed E-state index contributed by atoms with van der Waals surface area (Å²) in [5.41, 5.74) is 9.16. The lowest BCUT2D eigenvalue weighted by Gasteiger charge is -2.32. The van der Waals surface area contributed by atoms with Crippen LogP contribution < -0.4 is 19.9 Å². The van der Waals surface area contributed by atoms with Gasteiger partial charge in [-0.15, -0.1) is 0 Å². The van der Waals surface area contributed by atoms with Crippen LogP contribution in [0.5, 0.6) is 28.7 Å². The van der Waals surface area contributed by atoms with Crippen molar-refractivity contribution >= 4 is 0 Å². The molecule has 3 rings (SSSR count). The molecule has 0 spiro atoms. The summed E-state index contributed by atoms with van der Waals surface area (Å²) < 4.78 is 16.2. The molecule has 0 aromatic heterocycles. The first-order valence-electron chi connectivity index (χ1n) is 8.58. The molecule has 0 unspecified atom stereocenters. The molecule has 0 bridgehead atoms. The Morgan fingerprint density at radius 1 is 1.04 bits per heavy atom. The van der Waals surface area contributed by atoms with Gasteiger partial charge >= 0.3 is 0 Å². The van der Waals surface area contributed by atoms with E-state index >= 15 is 0 Å². The van der Waals surface area contributed by atoms with Crippen LogP contribution in [0.25, 0.3) is 0 Å². The fourth-order valence-corrected chi connectivity index (χ4v) is 3.76. The van der Waals surface area contributed by atoms with Gasteiger partial charge in [-0.05, 0) is 54.5 Å². The van der Waals surface area contributed by atoms with Crippen molar-refractivity contribution in [1.29, 1.82) is 0 Å². The van der Waals surface area contributed by atoms with E-state index in [1.165, 1.54) is 6.07 Å². The summed E-state index contributed by atoms with van der Waals surface area (Å²) >= 11 is 0. The maximum absolute atomic E-state index is 10.1. The monoisotopic (exact) mass is 359 g/mol. The lowest BCUT2D eigenvalue weighted by atomic mass is 9.77. The number of methoxy groups -OCH3 is 3. The molecule has 6 nitrogen and oxygen atoms in total. The first kappa shape index (κ1) is 18.2. The number of ether oxygens (including phenoxy) is 3. The van der Waals surface area contributed by atoms with E-state index in [-0.39, 0.29) is 23.5 Å². The zero-order valence-corrected chi connectivity index (χ0v) is 15.3. The number of hydrogen-bond acceptors (Lipinski definition) is 6. The fourth-order valence-electron chi connectivity index (χ4n) is 3.76. The highest BCUT2D eigenvalue weighted by molar-refractivity contribution is 5.54. The lowest BCUT2D eigenvalue weighted by Crippen LogP contribution is -2.28. The van der Waals surface area contributed by atoms with Crippen molar-refractivity contribution in [2.24, 2.45) is 11.7 Å². The Morgan fingerprint density at radius 3 is 2.27 bits per heavy atom. The normalized spacial score (nSPS) is 18.9. The van der Waals surface area contributed by atoms with E-state index in [0.29, 0.717) is 23.7 Å². The summed E-state index contributed by atoms with van der Waals surface area (Å²) in [6.07, 6.45) is 2.25. The van der Waals surface area contributed by atoms with Crippen LogP contribution >= 0.6 is 0 Å². The van der Waals surface area contributed by atoms with Gasteiger partial charge in [0, 0.05) is 11.6 Å². The van der Waals surface area contributed by atoms with Gasteiger partial charge in [-0.25, -0.2) is 0 Å². The summed E-state index contributed by atoms with van der Waals surface area (Å²) in [6, 6.07) is 6.96. The van der Waals surface area contributed by atoms with Gasteiger partial charge in [0.15, 0.2) is 23.0 Å². The average Bonchev–Trinajstić information content (AvgIpc) is 2.66. The summed E-state index contributed by atoms with van der Waals surface area (Å²) in [7, 11) is 4.77. The van der Waals surface area contributed by atoms with Gasteiger partial charge in [0.1, 0.15) is 0 Å². The molecule has 0 heterocycles. The second-order valence-electron chi connectivity index (χ2n) is 6.56. The highest BCUT2D eigenvalue weighted by Crippen LogP contribution is 2.44. The molecule has 140 valence electrons. The molecule has 0 aliphatic heterocycles. The zero-order chi connectivity index (χ0) is 18.8. The molecular formula is C20H25NO5. The first-order chi connectivity index (χ1) is 12.5. The molecule has 0 saturated heterocycles. The second kappa shape index (κ2) is 7.33. The minimum atomic E-state index is -0.218. The smallest absolute Gasteiger partial charge is 0.203 e.